The largest absolute Gasteiger partial charge is 0.356 e. The number of hydrogen-bond acceptors (Lipinski definition) is 3. The Bertz CT molecular complexity index is 1090. The fourth-order valence-corrected chi connectivity index (χ4v) is 5.38. The molecule has 2 heterocycles. The lowest BCUT2D eigenvalue weighted by Crippen LogP contribution is -2.74. The molecule has 176 valence electrons. The Balaban J connectivity index is 1.93. The first-order valence-electron chi connectivity index (χ1n) is 11.9. The second-order valence-corrected chi connectivity index (χ2v) is 12.4. The number of ketones is 1. The number of amides is 1. The number of anilines is 1. The number of rotatable bonds is 2. The van der Waals surface area contributed by atoms with Crippen molar-refractivity contribution in [2.45, 2.75) is 96.3 Å². The fraction of sp³-hybridized carbons (Fsp3) is 0.517. The highest BCUT2D eigenvalue weighted by atomic mass is 16.5. The van der Waals surface area contributed by atoms with Gasteiger partial charge in [0.1, 0.15) is 11.8 Å². The van der Waals surface area contributed by atoms with Crippen molar-refractivity contribution in [2.75, 3.05) is 4.90 Å². The molecule has 0 aromatic heterocycles. The molecule has 1 amide bonds. The molecule has 2 fully saturated rings. The number of carbonyl (C=O) groups excluding carboxylic acids is 2. The quantitative estimate of drug-likeness (QED) is 0.510. The Morgan fingerprint density at radius 1 is 0.879 bits per heavy atom. The molecule has 2 aliphatic heterocycles. The summed E-state index contributed by atoms with van der Waals surface area (Å²) in [5.41, 5.74) is 2.14. The third kappa shape index (κ3) is 4.03. The Morgan fingerprint density at radius 3 is 2.06 bits per heavy atom. The lowest BCUT2D eigenvalue weighted by molar-refractivity contribution is -0.210. The zero-order valence-electron chi connectivity index (χ0n) is 21.3. The molecule has 0 N–H and O–H groups in total. The average Bonchev–Trinajstić information content (AvgIpc) is 2.68. The van der Waals surface area contributed by atoms with Crippen molar-refractivity contribution in [1.29, 1.82) is 0 Å². The number of carbonyl (C=O) groups is 2. The summed E-state index contributed by atoms with van der Waals surface area (Å²) >= 11 is 0. The molecule has 0 radical (unpaired) electrons. The van der Waals surface area contributed by atoms with Gasteiger partial charge in [0.25, 0.3) is 5.91 Å². The van der Waals surface area contributed by atoms with Gasteiger partial charge in [-0.3, -0.25) is 14.5 Å². The topological polar surface area (TPSA) is 46.6 Å². The van der Waals surface area contributed by atoms with Gasteiger partial charge in [-0.2, -0.15) is 0 Å². The van der Waals surface area contributed by atoms with Crippen molar-refractivity contribution in [2.24, 2.45) is 0 Å². The van der Waals surface area contributed by atoms with Crippen LogP contribution in [-0.4, -0.2) is 22.9 Å². The summed E-state index contributed by atoms with van der Waals surface area (Å²) in [6.45, 7) is 16.9. The maximum absolute atomic E-state index is 14.0. The van der Waals surface area contributed by atoms with Crippen LogP contribution in [-0.2, 0) is 25.2 Å². The average molecular weight is 448 g/mol. The third-order valence-corrected chi connectivity index (χ3v) is 6.87. The van der Waals surface area contributed by atoms with Crippen LogP contribution in [0.1, 0.15) is 91.0 Å². The van der Waals surface area contributed by atoms with Crippen LogP contribution < -0.4 is 4.90 Å². The van der Waals surface area contributed by atoms with Gasteiger partial charge in [0.05, 0.1) is 5.60 Å². The second kappa shape index (κ2) is 7.53. The van der Waals surface area contributed by atoms with Crippen LogP contribution in [0.5, 0.6) is 0 Å². The summed E-state index contributed by atoms with van der Waals surface area (Å²) in [4.78, 5) is 28.7. The van der Waals surface area contributed by atoms with Gasteiger partial charge in [0.15, 0.2) is 5.60 Å². The van der Waals surface area contributed by atoms with Gasteiger partial charge < -0.3 is 4.74 Å². The van der Waals surface area contributed by atoms with E-state index in [1.807, 2.05) is 49.1 Å². The SMILES string of the molecule is CC1(C)CC(=O)C[C@@]2(O1)C(=O)N(c1cc(C(C)(C)C)ccc1C(C)(C)C)[C@@H]2c1ccccc1. The van der Waals surface area contributed by atoms with Crippen molar-refractivity contribution in [1.82, 2.24) is 0 Å². The molecule has 4 nitrogen and oxygen atoms in total. The molecule has 2 atom stereocenters. The zero-order valence-corrected chi connectivity index (χ0v) is 21.3. The van der Waals surface area contributed by atoms with E-state index in [4.69, 9.17) is 4.74 Å². The molecular weight excluding hydrogens is 410 g/mol. The summed E-state index contributed by atoms with van der Waals surface area (Å²) in [6, 6.07) is 16.1. The van der Waals surface area contributed by atoms with E-state index in [-0.39, 0.29) is 35.0 Å². The molecule has 4 rings (SSSR count). The highest BCUT2D eigenvalue weighted by molar-refractivity contribution is 6.11. The molecule has 2 aromatic rings. The van der Waals surface area contributed by atoms with Crippen molar-refractivity contribution in [3.63, 3.8) is 0 Å². The van der Waals surface area contributed by atoms with Gasteiger partial charge in [0, 0.05) is 18.5 Å². The van der Waals surface area contributed by atoms with E-state index in [0.29, 0.717) is 6.42 Å². The van der Waals surface area contributed by atoms with Crippen molar-refractivity contribution < 1.29 is 14.3 Å². The molecule has 2 aromatic carbocycles. The highest BCUT2D eigenvalue weighted by Crippen LogP contribution is 2.56. The molecular formula is C29H37NO3. The number of Topliss-reactive ketones (excluding diaryl/α,β-unsaturated/α-hetero) is 1. The standard InChI is InChI=1S/C29H37NO3/c1-26(2,3)20-14-15-22(27(4,5)6)23(16-20)30-24(19-12-10-9-11-13-19)29(25(30)32)18-21(31)17-28(7,8)33-29/h9-16,24H,17-18H2,1-8H3/t24-,29+/m1/s1. The minimum atomic E-state index is -1.16. The monoisotopic (exact) mass is 447 g/mol. The molecule has 2 aliphatic rings. The van der Waals surface area contributed by atoms with Crippen molar-refractivity contribution >= 4 is 17.4 Å². The van der Waals surface area contributed by atoms with Crippen LogP contribution in [0.4, 0.5) is 5.69 Å². The van der Waals surface area contributed by atoms with Gasteiger partial charge in [0.2, 0.25) is 0 Å². The maximum Gasteiger partial charge on any atom is 0.262 e. The highest BCUT2D eigenvalue weighted by Gasteiger charge is 2.67. The van der Waals surface area contributed by atoms with E-state index in [0.717, 1.165) is 16.8 Å². The minimum absolute atomic E-state index is 0.0572. The first kappa shape index (κ1) is 23.7. The Hall–Kier alpha value is -2.46. The molecule has 0 unspecified atom stereocenters. The van der Waals surface area contributed by atoms with E-state index in [1.165, 1.54) is 5.56 Å². The smallest absolute Gasteiger partial charge is 0.262 e. The third-order valence-electron chi connectivity index (χ3n) is 6.87. The Kier molecular flexibility index (Phi) is 5.40. The first-order valence-corrected chi connectivity index (χ1v) is 11.9. The maximum atomic E-state index is 14.0. The van der Waals surface area contributed by atoms with E-state index in [1.54, 1.807) is 0 Å². The summed E-state index contributed by atoms with van der Waals surface area (Å²) < 4.78 is 6.51. The predicted molar refractivity (Wildman–Crippen MR) is 133 cm³/mol. The summed E-state index contributed by atoms with van der Waals surface area (Å²) in [7, 11) is 0. The summed E-state index contributed by atoms with van der Waals surface area (Å²) in [5, 5.41) is 0. The predicted octanol–water partition coefficient (Wildman–Crippen LogP) is 6.27. The summed E-state index contributed by atoms with van der Waals surface area (Å²) in [5.74, 6) is -0.0336. The molecule has 0 aliphatic carbocycles. The van der Waals surface area contributed by atoms with Crippen LogP contribution in [0.2, 0.25) is 0 Å². The van der Waals surface area contributed by atoms with Crippen LogP contribution >= 0.6 is 0 Å². The Labute approximate surface area is 198 Å². The molecule has 1 spiro atoms. The number of β-lactam (4-membered cyclic amide) rings is 1. The molecule has 4 heteroatoms. The van der Waals surface area contributed by atoms with E-state index < -0.39 is 11.2 Å². The van der Waals surface area contributed by atoms with Crippen LogP contribution in [0.25, 0.3) is 0 Å². The number of hydrogen-bond donors (Lipinski definition) is 0. The number of nitrogens with zero attached hydrogens (tertiary/aromatic N) is 1. The van der Waals surface area contributed by atoms with Crippen LogP contribution in [0.15, 0.2) is 48.5 Å². The fourth-order valence-electron chi connectivity index (χ4n) is 5.38. The van der Waals surface area contributed by atoms with Crippen molar-refractivity contribution in [3.8, 4) is 0 Å². The van der Waals surface area contributed by atoms with Gasteiger partial charge in [-0.1, -0.05) is 84.0 Å². The molecule has 0 saturated carbocycles. The van der Waals surface area contributed by atoms with Gasteiger partial charge in [-0.15, -0.1) is 0 Å². The minimum Gasteiger partial charge on any atom is -0.356 e. The summed E-state index contributed by atoms with van der Waals surface area (Å²) in [6.07, 6.45) is 0.450. The molecule has 0 bridgehead atoms. The second-order valence-electron chi connectivity index (χ2n) is 12.4. The molecule has 33 heavy (non-hydrogen) atoms. The lowest BCUT2D eigenvalue weighted by atomic mass is 9.69. The van der Waals surface area contributed by atoms with Gasteiger partial charge in [-0.25, -0.2) is 0 Å². The normalized spacial score (nSPS) is 25.3. The van der Waals surface area contributed by atoms with Crippen LogP contribution in [0, 0.1) is 0 Å². The van der Waals surface area contributed by atoms with E-state index in [9.17, 15) is 9.59 Å². The van der Waals surface area contributed by atoms with E-state index >= 15 is 0 Å². The van der Waals surface area contributed by atoms with E-state index in [2.05, 4.69) is 59.7 Å². The van der Waals surface area contributed by atoms with Gasteiger partial charge >= 0.3 is 0 Å². The van der Waals surface area contributed by atoms with Crippen molar-refractivity contribution in [3.05, 3.63) is 65.2 Å². The molecule has 2 saturated heterocycles. The Morgan fingerprint density at radius 2 is 1.52 bits per heavy atom. The number of benzene rings is 2. The first-order chi connectivity index (χ1) is 15.2. The lowest BCUT2D eigenvalue weighted by Gasteiger charge is -2.59. The van der Waals surface area contributed by atoms with Crippen LogP contribution in [0.3, 0.4) is 0 Å². The van der Waals surface area contributed by atoms with Gasteiger partial charge in [-0.05, 0) is 47.4 Å². The number of ether oxygens (including phenoxy) is 1. The zero-order chi connectivity index (χ0) is 24.4.